The number of allylic oxidation sites excluding steroid dienone is 1. The molecule has 0 aromatic heterocycles. The van der Waals surface area contributed by atoms with Crippen molar-refractivity contribution in [3.8, 4) is 0 Å². The fraction of sp³-hybridized carbons (Fsp3) is 0.500. The molecule has 40 valence electrons. The minimum Gasteiger partial charge on any atom is -1.00 e. The van der Waals surface area contributed by atoms with Crippen molar-refractivity contribution in [2.45, 2.75) is 19.4 Å². The Kier molecular flexibility index (Phi) is 2.53. The van der Waals surface area contributed by atoms with Crippen molar-refractivity contribution in [3.05, 3.63) is 12.2 Å². The molecule has 0 bridgehead atoms. The fourth-order valence-corrected chi connectivity index (χ4v) is 0.557. The van der Waals surface area contributed by atoms with E-state index in [1.165, 1.54) is 0 Å². The molecule has 1 nitrogen and oxygen atoms in total. The third-order valence-corrected chi connectivity index (χ3v) is 0.997. The fourth-order valence-electron chi connectivity index (χ4n) is 0.557. The van der Waals surface area contributed by atoms with Gasteiger partial charge in [0.05, 0.1) is 5.54 Å². The predicted molar refractivity (Wildman–Crippen MR) is 32.8 cm³/mol. The van der Waals surface area contributed by atoms with E-state index in [1.54, 1.807) is 0 Å². The van der Waals surface area contributed by atoms with Crippen LogP contribution in [0.15, 0.2) is 17.1 Å². The normalized spacial score (nSPS) is 20.8. The first-order valence-corrected chi connectivity index (χ1v) is 2.44. The van der Waals surface area contributed by atoms with Crippen LogP contribution in [0.4, 0.5) is 0 Å². The summed E-state index contributed by atoms with van der Waals surface area (Å²) < 4.78 is 0. The van der Waals surface area contributed by atoms with Gasteiger partial charge in [-0.15, -0.1) is 0 Å². The molecule has 2 heteroatoms. The molecular formula is C6H10LiN. The van der Waals surface area contributed by atoms with Crippen LogP contribution in [0.2, 0.25) is 0 Å². The summed E-state index contributed by atoms with van der Waals surface area (Å²) in [7, 11) is 0. The average Bonchev–Trinajstić information content (AvgIpc) is 1.84. The van der Waals surface area contributed by atoms with Crippen LogP contribution in [-0.2, 0) is 0 Å². The van der Waals surface area contributed by atoms with Gasteiger partial charge < -0.3 is 1.43 Å². The van der Waals surface area contributed by atoms with Crippen molar-refractivity contribution >= 4 is 6.21 Å². The van der Waals surface area contributed by atoms with Crippen molar-refractivity contribution in [2.75, 3.05) is 0 Å². The van der Waals surface area contributed by atoms with Crippen LogP contribution in [-0.4, -0.2) is 11.8 Å². The van der Waals surface area contributed by atoms with Crippen molar-refractivity contribution in [1.29, 1.82) is 0 Å². The largest absolute Gasteiger partial charge is 1.00 e. The Hall–Kier alpha value is 0.00740. The van der Waals surface area contributed by atoms with E-state index < -0.39 is 0 Å². The zero-order valence-corrected chi connectivity index (χ0v) is 5.68. The van der Waals surface area contributed by atoms with Crippen LogP contribution in [0.5, 0.6) is 0 Å². The molecule has 0 unspecified atom stereocenters. The van der Waals surface area contributed by atoms with E-state index in [1.807, 2.05) is 12.3 Å². The average molecular weight is 103 g/mol. The van der Waals surface area contributed by atoms with Crippen molar-refractivity contribution in [3.63, 3.8) is 0 Å². The van der Waals surface area contributed by atoms with E-state index in [-0.39, 0.29) is 25.8 Å². The van der Waals surface area contributed by atoms with Crippen LogP contribution in [0.1, 0.15) is 15.3 Å². The van der Waals surface area contributed by atoms with E-state index in [0.717, 1.165) is 0 Å². The molecule has 1 aliphatic heterocycles. The Morgan fingerprint density at radius 1 is 1.50 bits per heavy atom. The van der Waals surface area contributed by atoms with Gasteiger partial charge in [0.25, 0.3) is 0 Å². The second-order valence-corrected chi connectivity index (χ2v) is 2.29. The Morgan fingerprint density at radius 3 is 2.25 bits per heavy atom. The second-order valence-electron chi connectivity index (χ2n) is 2.29. The van der Waals surface area contributed by atoms with Gasteiger partial charge in [-0.1, -0.05) is 6.08 Å². The SMILES string of the molecule is CC1(C)C=CC=N1.[H-].[Li+]. The molecule has 0 saturated heterocycles. The smallest absolute Gasteiger partial charge is 1.00 e. The van der Waals surface area contributed by atoms with Gasteiger partial charge in [-0.3, -0.25) is 4.99 Å². The zero-order valence-electron chi connectivity index (χ0n) is 6.68. The Morgan fingerprint density at radius 2 is 2.12 bits per heavy atom. The maximum atomic E-state index is 4.13. The number of hydrogen-bond donors (Lipinski definition) is 0. The summed E-state index contributed by atoms with van der Waals surface area (Å²) >= 11 is 0. The maximum Gasteiger partial charge on any atom is 1.00 e. The van der Waals surface area contributed by atoms with Crippen LogP contribution in [0.25, 0.3) is 0 Å². The quantitative estimate of drug-likeness (QED) is 0.332. The van der Waals surface area contributed by atoms with Gasteiger partial charge in [-0.2, -0.15) is 0 Å². The first-order chi connectivity index (χ1) is 3.21. The van der Waals surface area contributed by atoms with Gasteiger partial charge in [0.1, 0.15) is 0 Å². The van der Waals surface area contributed by atoms with Crippen LogP contribution >= 0.6 is 0 Å². The number of rotatable bonds is 0. The monoisotopic (exact) mass is 103 g/mol. The first kappa shape index (κ1) is 8.01. The summed E-state index contributed by atoms with van der Waals surface area (Å²) in [6, 6.07) is 0. The third-order valence-electron chi connectivity index (χ3n) is 0.997. The molecule has 0 aliphatic carbocycles. The summed E-state index contributed by atoms with van der Waals surface area (Å²) in [4.78, 5) is 4.13. The van der Waals surface area contributed by atoms with E-state index in [4.69, 9.17) is 0 Å². The molecule has 0 radical (unpaired) electrons. The number of aliphatic imine (C=N–C) groups is 1. The molecule has 1 aliphatic rings. The van der Waals surface area contributed by atoms with Gasteiger partial charge in [0.15, 0.2) is 0 Å². The third kappa shape index (κ3) is 1.86. The summed E-state index contributed by atoms with van der Waals surface area (Å²) in [5.41, 5.74) is 0.0833. The van der Waals surface area contributed by atoms with E-state index in [2.05, 4.69) is 24.9 Å². The molecule has 0 N–H and O–H groups in total. The molecule has 0 saturated carbocycles. The molecule has 0 atom stereocenters. The van der Waals surface area contributed by atoms with Gasteiger partial charge >= 0.3 is 18.9 Å². The summed E-state index contributed by atoms with van der Waals surface area (Å²) in [5, 5.41) is 0. The molecule has 0 aromatic carbocycles. The van der Waals surface area contributed by atoms with Crippen LogP contribution < -0.4 is 18.9 Å². The molecule has 0 aromatic rings. The van der Waals surface area contributed by atoms with Gasteiger partial charge in [-0.05, 0) is 19.9 Å². The molecule has 0 fully saturated rings. The summed E-state index contributed by atoms with van der Waals surface area (Å²) in [5.74, 6) is 0. The van der Waals surface area contributed by atoms with Crippen molar-refractivity contribution in [2.24, 2.45) is 4.99 Å². The minimum absolute atomic E-state index is 0. The minimum atomic E-state index is 0. The van der Waals surface area contributed by atoms with Crippen LogP contribution in [0.3, 0.4) is 0 Å². The Bertz CT molecular complexity index is 115. The number of hydrogen-bond acceptors (Lipinski definition) is 1. The van der Waals surface area contributed by atoms with E-state index in [9.17, 15) is 0 Å². The molecule has 8 heavy (non-hydrogen) atoms. The molecule has 0 amide bonds. The van der Waals surface area contributed by atoms with E-state index in [0.29, 0.717) is 0 Å². The van der Waals surface area contributed by atoms with Gasteiger partial charge in [-0.25, -0.2) is 0 Å². The standard InChI is InChI=1S/C6H9N.Li.H/c1-6(2)4-3-5-7-6;;/h3-5H,1-2H3;;/q;+1;-1. The molecule has 1 rings (SSSR count). The predicted octanol–water partition coefficient (Wildman–Crippen LogP) is -1.48. The molecular weight excluding hydrogens is 93.0 g/mol. The van der Waals surface area contributed by atoms with E-state index >= 15 is 0 Å². The zero-order chi connectivity index (χ0) is 5.33. The van der Waals surface area contributed by atoms with Gasteiger partial charge in [0, 0.05) is 6.21 Å². The maximum absolute atomic E-state index is 4.13. The summed E-state index contributed by atoms with van der Waals surface area (Å²) in [6.07, 6.45) is 5.88. The van der Waals surface area contributed by atoms with Crippen LogP contribution in [0, 0.1) is 0 Å². The number of nitrogens with zero attached hydrogens (tertiary/aromatic N) is 1. The van der Waals surface area contributed by atoms with Crippen molar-refractivity contribution < 1.29 is 20.3 Å². The Balaban J connectivity index is 0. The topological polar surface area (TPSA) is 12.4 Å². The Labute approximate surface area is 63.5 Å². The van der Waals surface area contributed by atoms with Gasteiger partial charge in [0.2, 0.25) is 0 Å². The first-order valence-electron chi connectivity index (χ1n) is 2.44. The van der Waals surface area contributed by atoms with Crippen molar-refractivity contribution in [1.82, 2.24) is 0 Å². The molecule has 1 heterocycles. The molecule has 0 spiro atoms. The summed E-state index contributed by atoms with van der Waals surface area (Å²) in [6.45, 7) is 4.15. The second kappa shape index (κ2) is 2.53.